The standard InChI is InChI=1S/C30H39N7O3S2/c1-18(2)22-7-8-37(17-22)27-15-26(32-20(4)33-27)34-30-31-16-28(42-30)41-25-14-23(24(40-6)13-19(25)3)29(39)36-11-9-35(10-12-36)21(5)38/h13-16,18,22H,7-12,17H2,1-6H3,(H,31,32,33,34)/t22-/m0/s1. The van der Waals surface area contributed by atoms with E-state index >= 15 is 0 Å². The van der Waals surface area contributed by atoms with Crippen LogP contribution in [0, 0.1) is 25.7 Å². The van der Waals surface area contributed by atoms with Gasteiger partial charge in [-0.15, -0.1) is 0 Å². The molecule has 10 nitrogen and oxygen atoms in total. The van der Waals surface area contributed by atoms with E-state index < -0.39 is 0 Å². The second-order valence-corrected chi connectivity index (χ2v) is 13.6. The molecule has 2 amide bonds. The van der Waals surface area contributed by atoms with E-state index in [9.17, 15) is 9.59 Å². The molecule has 1 N–H and O–H groups in total. The van der Waals surface area contributed by atoms with Crippen molar-refractivity contribution in [2.75, 3.05) is 56.6 Å². The first-order chi connectivity index (χ1) is 20.1. The van der Waals surface area contributed by atoms with E-state index in [4.69, 9.17) is 9.72 Å². The maximum absolute atomic E-state index is 13.5. The molecule has 2 aliphatic heterocycles. The van der Waals surface area contributed by atoms with Gasteiger partial charge in [-0.1, -0.05) is 36.9 Å². The third-order valence-electron chi connectivity index (χ3n) is 7.99. The zero-order chi connectivity index (χ0) is 30.0. The summed E-state index contributed by atoms with van der Waals surface area (Å²) in [5.74, 6) is 4.25. The number of methoxy groups -OCH3 is 1. The van der Waals surface area contributed by atoms with Gasteiger partial charge in [-0.25, -0.2) is 15.0 Å². The number of rotatable bonds is 8. The fourth-order valence-electron chi connectivity index (χ4n) is 5.40. The summed E-state index contributed by atoms with van der Waals surface area (Å²) in [6.45, 7) is 14.2. The first-order valence-corrected chi connectivity index (χ1v) is 16.0. The number of thiazole rings is 1. The van der Waals surface area contributed by atoms with E-state index in [0.29, 0.717) is 49.3 Å². The van der Waals surface area contributed by atoms with E-state index in [1.807, 2.05) is 38.2 Å². The lowest BCUT2D eigenvalue weighted by Gasteiger charge is -2.34. The number of hydrogen-bond acceptors (Lipinski definition) is 10. The molecular formula is C30H39N7O3S2. The van der Waals surface area contributed by atoms with Crippen molar-refractivity contribution in [1.82, 2.24) is 24.8 Å². The van der Waals surface area contributed by atoms with E-state index in [-0.39, 0.29) is 11.8 Å². The largest absolute Gasteiger partial charge is 0.496 e. The molecule has 0 saturated carbocycles. The van der Waals surface area contributed by atoms with Crippen LogP contribution in [0.1, 0.15) is 48.9 Å². The third kappa shape index (κ3) is 6.81. The third-order valence-corrected chi connectivity index (χ3v) is 10.2. The van der Waals surface area contributed by atoms with Gasteiger partial charge in [-0.05, 0) is 49.8 Å². The molecule has 5 rings (SSSR count). The molecule has 42 heavy (non-hydrogen) atoms. The minimum absolute atomic E-state index is 0.0359. The molecule has 2 saturated heterocycles. The molecule has 224 valence electrons. The van der Waals surface area contributed by atoms with Crippen molar-refractivity contribution in [1.29, 1.82) is 0 Å². The van der Waals surface area contributed by atoms with Crippen molar-refractivity contribution < 1.29 is 14.3 Å². The van der Waals surface area contributed by atoms with Crippen molar-refractivity contribution in [2.45, 2.75) is 50.1 Å². The summed E-state index contributed by atoms with van der Waals surface area (Å²) >= 11 is 3.11. The number of benzene rings is 1. The number of carbonyl (C=O) groups excluding carboxylic acids is 2. The monoisotopic (exact) mass is 609 g/mol. The lowest BCUT2D eigenvalue weighted by atomic mass is 9.95. The van der Waals surface area contributed by atoms with Crippen LogP contribution in [0.5, 0.6) is 5.75 Å². The highest BCUT2D eigenvalue weighted by Gasteiger charge is 2.27. The number of nitrogens with one attached hydrogen (secondary N) is 1. The Bertz CT molecular complexity index is 1450. The number of aryl methyl sites for hydroxylation is 2. The highest BCUT2D eigenvalue weighted by atomic mass is 32.2. The molecule has 4 heterocycles. The lowest BCUT2D eigenvalue weighted by Crippen LogP contribution is -2.50. The second-order valence-electron chi connectivity index (χ2n) is 11.2. The molecule has 0 unspecified atom stereocenters. The number of piperazine rings is 1. The Labute approximate surface area is 255 Å². The van der Waals surface area contributed by atoms with E-state index in [2.05, 4.69) is 34.0 Å². The van der Waals surface area contributed by atoms with Crippen LogP contribution in [0.3, 0.4) is 0 Å². The summed E-state index contributed by atoms with van der Waals surface area (Å²) in [4.78, 5) is 46.0. The summed E-state index contributed by atoms with van der Waals surface area (Å²) in [5, 5.41) is 4.12. The summed E-state index contributed by atoms with van der Waals surface area (Å²) in [5.41, 5.74) is 1.54. The van der Waals surface area contributed by atoms with Crippen molar-refractivity contribution >= 4 is 51.7 Å². The quantitative estimate of drug-likeness (QED) is 0.367. The van der Waals surface area contributed by atoms with Gasteiger partial charge in [0.2, 0.25) is 5.91 Å². The zero-order valence-corrected chi connectivity index (χ0v) is 26.8. The molecular weight excluding hydrogens is 571 g/mol. The van der Waals surface area contributed by atoms with Crippen molar-refractivity contribution in [3.63, 3.8) is 0 Å². The predicted octanol–water partition coefficient (Wildman–Crippen LogP) is 5.24. The smallest absolute Gasteiger partial charge is 0.257 e. The Morgan fingerprint density at radius 1 is 1.07 bits per heavy atom. The van der Waals surface area contributed by atoms with Crippen LogP contribution in [0.4, 0.5) is 16.8 Å². The van der Waals surface area contributed by atoms with Crippen molar-refractivity contribution in [2.24, 2.45) is 11.8 Å². The molecule has 1 aromatic carbocycles. The summed E-state index contributed by atoms with van der Waals surface area (Å²) in [6.07, 6.45) is 3.03. The van der Waals surface area contributed by atoms with Crippen LogP contribution in [-0.4, -0.2) is 82.9 Å². The zero-order valence-electron chi connectivity index (χ0n) is 25.1. The second kappa shape index (κ2) is 12.9. The number of nitrogens with zero attached hydrogens (tertiary/aromatic N) is 6. The molecule has 0 bridgehead atoms. The highest BCUT2D eigenvalue weighted by molar-refractivity contribution is 8.01. The summed E-state index contributed by atoms with van der Waals surface area (Å²) in [7, 11) is 1.58. The highest BCUT2D eigenvalue weighted by Crippen LogP contribution is 2.39. The average Bonchev–Trinajstić information content (AvgIpc) is 3.63. The molecule has 0 radical (unpaired) electrons. The minimum Gasteiger partial charge on any atom is -0.496 e. The fraction of sp³-hybridized carbons (Fsp3) is 0.500. The number of amides is 2. The first-order valence-electron chi connectivity index (χ1n) is 14.4. The predicted molar refractivity (Wildman–Crippen MR) is 167 cm³/mol. The maximum Gasteiger partial charge on any atom is 0.257 e. The number of anilines is 3. The fourth-order valence-corrected chi connectivity index (χ4v) is 7.35. The van der Waals surface area contributed by atoms with Crippen LogP contribution in [-0.2, 0) is 4.79 Å². The van der Waals surface area contributed by atoms with Crippen LogP contribution in [0.25, 0.3) is 0 Å². The molecule has 1 atom stereocenters. The topological polar surface area (TPSA) is 104 Å². The average molecular weight is 610 g/mol. The molecule has 0 aliphatic carbocycles. The van der Waals surface area contributed by atoms with Crippen LogP contribution in [0.15, 0.2) is 33.5 Å². The van der Waals surface area contributed by atoms with Gasteiger partial charge < -0.3 is 24.8 Å². The van der Waals surface area contributed by atoms with Crippen LogP contribution < -0.4 is 15.0 Å². The molecule has 2 fully saturated rings. The van der Waals surface area contributed by atoms with Crippen LogP contribution in [0.2, 0.25) is 0 Å². The summed E-state index contributed by atoms with van der Waals surface area (Å²) in [6, 6.07) is 5.83. The van der Waals surface area contributed by atoms with E-state index in [0.717, 1.165) is 50.3 Å². The van der Waals surface area contributed by atoms with Gasteiger partial charge in [-0.3, -0.25) is 9.59 Å². The van der Waals surface area contributed by atoms with Gasteiger partial charge in [0.25, 0.3) is 5.91 Å². The molecule has 12 heteroatoms. The van der Waals surface area contributed by atoms with Gasteiger partial charge in [0.05, 0.1) is 23.1 Å². The van der Waals surface area contributed by atoms with Gasteiger partial charge in [0.1, 0.15) is 23.2 Å². The number of carbonyl (C=O) groups is 2. The minimum atomic E-state index is -0.0868. The van der Waals surface area contributed by atoms with E-state index in [1.54, 1.807) is 35.6 Å². The van der Waals surface area contributed by atoms with Crippen molar-refractivity contribution in [3.8, 4) is 5.75 Å². The van der Waals surface area contributed by atoms with Gasteiger partial charge in [-0.2, -0.15) is 0 Å². The Kier molecular flexibility index (Phi) is 9.22. The molecule has 2 aliphatic rings. The van der Waals surface area contributed by atoms with Crippen molar-refractivity contribution in [3.05, 3.63) is 41.3 Å². The Morgan fingerprint density at radius 3 is 2.48 bits per heavy atom. The van der Waals surface area contributed by atoms with Gasteiger partial charge in [0, 0.05) is 57.2 Å². The number of aromatic nitrogens is 3. The Hall–Kier alpha value is -3.38. The molecule has 2 aromatic heterocycles. The lowest BCUT2D eigenvalue weighted by molar-refractivity contribution is -0.130. The van der Waals surface area contributed by atoms with Gasteiger partial charge >= 0.3 is 0 Å². The van der Waals surface area contributed by atoms with E-state index in [1.165, 1.54) is 17.8 Å². The SMILES string of the molecule is COc1cc(C)c(Sc2cnc(Nc3cc(N4CC[C@H](C(C)C)C4)nc(C)n3)s2)cc1C(=O)N1CCN(C(C)=O)CC1. The Morgan fingerprint density at radius 2 is 1.81 bits per heavy atom. The normalized spacial score (nSPS) is 17.2. The molecule has 3 aromatic rings. The number of hydrogen-bond donors (Lipinski definition) is 1. The number of ether oxygens (including phenoxy) is 1. The van der Waals surface area contributed by atoms with Gasteiger partial charge in [0.15, 0.2) is 5.13 Å². The van der Waals surface area contributed by atoms with Crippen LogP contribution >= 0.6 is 23.1 Å². The summed E-state index contributed by atoms with van der Waals surface area (Å²) < 4.78 is 6.58. The molecule has 0 spiro atoms. The Balaban J connectivity index is 1.29. The first kappa shape index (κ1) is 30.1. The maximum atomic E-state index is 13.5.